The topological polar surface area (TPSA) is 24.1 Å². The zero-order valence-corrected chi connectivity index (χ0v) is 10.4. The van der Waals surface area contributed by atoms with Crippen molar-refractivity contribution in [3.63, 3.8) is 0 Å². The van der Waals surface area contributed by atoms with Gasteiger partial charge in [-0.05, 0) is 62.5 Å². The number of aryl methyl sites for hydroxylation is 1. The Bertz CT molecular complexity index is 359. The van der Waals surface area contributed by atoms with Crippen LogP contribution in [0.15, 0.2) is 18.2 Å². The Morgan fingerprint density at radius 2 is 2.12 bits per heavy atom. The zero-order valence-electron chi connectivity index (χ0n) is 10.4. The SMILES string of the molecule is Cc1cc(CNCC2CCNCC2)ccc1F. The molecule has 0 amide bonds. The Labute approximate surface area is 103 Å². The molecule has 94 valence electrons. The van der Waals surface area contributed by atoms with Crippen molar-refractivity contribution in [2.75, 3.05) is 19.6 Å². The molecule has 0 aliphatic carbocycles. The lowest BCUT2D eigenvalue weighted by Crippen LogP contribution is -2.33. The van der Waals surface area contributed by atoms with E-state index in [0.717, 1.165) is 43.2 Å². The van der Waals surface area contributed by atoms with E-state index in [-0.39, 0.29) is 5.82 Å². The van der Waals surface area contributed by atoms with Gasteiger partial charge in [-0.2, -0.15) is 0 Å². The first-order chi connectivity index (χ1) is 8.25. The Kier molecular flexibility index (Phi) is 4.51. The van der Waals surface area contributed by atoms with Crippen molar-refractivity contribution in [3.8, 4) is 0 Å². The summed E-state index contributed by atoms with van der Waals surface area (Å²) in [6.45, 7) is 6.00. The molecule has 1 aliphatic rings. The van der Waals surface area contributed by atoms with Gasteiger partial charge >= 0.3 is 0 Å². The van der Waals surface area contributed by atoms with Gasteiger partial charge in [-0.3, -0.25) is 0 Å². The fraction of sp³-hybridized carbons (Fsp3) is 0.571. The molecular weight excluding hydrogens is 215 g/mol. The van der Waals surface area contributed by atoms with E-state index in [1.165, 1.54) is 12.8 Å². The molecule has 0 aromatic heterocycles. The molecule has 1 heterocycles. The molecule has 17 heavy (non-hydrogen) atoms. The molecule has 1 aromatic carbocycles. The first-order valence-electron chi connectivity index (χ1n) is 6.42. The number of piperidine rings is 1. The molecule has 0 saturated carbocycles. The minimum atomic E-state index is -0.118. The predicted molar refractivity (Wildman–Crippen MR) is 68.4 cm³/mol. The van der Waals surface area contributed by atoms with Gasteiger partial charge in [0, 0.05) is 6.54 Å². The Morgan fingerprint density at radius 3 is 2.82 bits per heavy atom. The highest BCUT2D eigenvalue weighted by Gasteiger charge is 2.11. The molecule has 3 heteroatoms. The van der Waals surface area contributed by atoms with Gasteiger partial charge in [-0.1, -0.05) is 12.1 Å². The van der Waals surface area contributed by atoms with Crippen LogP contribution in [0.4, 0.5) is 4.39 Å². The van der Waals surface area contributed by atoms with Crippen molar-refractivity contribution in [2.24, 2.45) is 5.92 Å². The van der Waals surface area contributed by atoms with Crippen LogP contribution < -0.4 is 10.6 Å². The number of benzene rings is 1. The first-order valence-corrected chi connectivity index (χ1v) is 6.42. The average Bonchev–Trinajstić information content (AvgIpc) is 2.35. The molecule has 2 N–H and O–H groups in total. The lowest BCUT2D eigenvalue weighted by molar-refractivity contribution is 0.356. The van der Waals surface area contributed by atoms with Crippen LogP contribution in [0.25, 0.3) is 0 Å². The summed E-state index contributed by atoms with van der Waals surface area (Å²) in [6.07, 6.45) is 2.52. The second-order valence-corrected chi connectivity index (χ2v) is 4.91. The summed E-state index contributed by atoms with van der Waals surface area (Å²) in [5.41, 5.74) is 1.89. The maximum absolute atomic E-state index is 13.1. The molecule has 0 bridgehead atoms. The van der Waals surface area contributed by atoms with E-state index < -0.39 is 0 Å². The monoisotopic (exact) mass is 236 g/mol. The molecule has 0 radical (unpaired) electrons. The summed E-state index contributed by atoms with van der Waals surface area (Å²) in [6, 6.07) is 5.33. The number of nitrogens with one attached hydrogen (secondary N) is 2. The molecule has 1 saturated heterocycles. The van der Waals surface area contributed by atoms with Crippen LogP contribution in [-0.2, 0) is 6.54 Å². The van der Waals surface area contributed by atoms with Crippen molar-refractivity contribution in [1.29, 1.82) is 0 Å². The van der Waals surface area contributed by atoms with Crippen LogP contribution in [0.1, 0.15) is 24.0 Å². The van der Waals surface area contributed by atoms with Crippen molar-refractivity contribution in [2.45, 2.75) is 26.3 Å². The van der Waals surface area contributed by atoms with Gasteiger partial charge in [0.05, 0.1) is 0 Å². The Morgan fingerprint density at radius 1 is 1.35 bits per heavy atom. The Hall–Kier alpha value is -0.930. The van der Waals surface area contributed by atoms with Crippen LogP contribution >= 0.6 is 0 Å². The quantitative estimate of drug-likeness (QED) is 0.837. The highest BCUT2D eigenvalue weighted by molar-refractivity contribution is 5.23. The lowest BCUT2D eigenvalue weighted by Gasteiger charge is -2.22. The van der Waals surface area contributed by atoms with Crippen molar-refractivity contribution >= 4 is 0 Å². The summed E-state index contributed by atoms with van der Waals surface area (Å²) in [5.74, 6) is 0.671. The highest BCUT2D eigenvalue weighted by Crippen LogP contribution is 2.11. The fourth-order valence-corrected chi connectivity index (χ4v) is 2.32. The zero-order chi connectivity index (χ0) is 12.1. The Balaban J connectivity index is 1.75. The van der Waals surface area contributed by atoms with E-state index in [4.69, 9.17) is 0 Å². The van der Waals surface area contributed by atoms with Crippen LogP contribution in [0.5, 0.6) is 0 Å². The van der Waals surface area contributed by atoms with E-state index in [9.17, 15) is 4.39 Å². The van der Waals surface area contributed by atoms with E-state index in [2.05, 4.69) is 10.6 Å². The van der Waals surface area contributed by atoms with E-state index in [1.807, 2.05) is 19.1 Å². The third-order valence-electron chi connectivity index (χ3n) is 3.44. The van der Waals surface area contributed by atoms with Gasteiger partial charge in [0.15, 0.2) is 0 Å². The third-order valence-corrected chi connectivity index (χ3v) is 3.44. The number of rotatable bonds is 4. The van der Waals surface area contributed by atoms with Crippen LogP contribution in [0.3, 0.4) is 0 Å². The normalized spacial score (nSPS) is 17.3. The fourth-order valence-electron chi connectivity index (χ4n) is 2.32. The molecule has 1 aromatic rings. The number of hydrogen-bond donors (Lipinski definition) is 2. The van der Waals surface area contributed by atoms with Crippen LogP contribution in [-0.4, -0.2) is 19.6 Å². The highest BCUT2D eigenvalue weighted by atomic mass is 19.1. The van der Waals surface area contributed by atoms with Gasteiger partial charge in [-0.15, -0.1) is 0 Å². The first kappa shape index (κ1) is 12.5. The molecule has 2 rings (SSSR count). The van der Waals surface area contributed by atoms with Gasteiger partial charge in [0.1, 0.15) is 5.82 Å². The average molecular weight is 236 g/mol. The second kappa shape index (κ2) is 6.12. The summed E-state index contributed by atoms with van der Waals surface area (Å²) in [5, 5.41) is 6.83. The van der Waals surface area contributed by atoms with Gasteiger partial charge in [-0.25, -0.2) is 4.39 Å². The van der Waals surface area contributed by atoms with Gasteiger partial charge in [0.25, 0.3) is 0 Å². The molecule has 1 aliphatic heterocycles. The molecule has 2 nitrogen and oxygen atoms in total. The van der Waals surface area contributed by atoms with Gasteiger partial charge in [0.2, 0.25) is 0 Å². The standard InChI is InChI=1S/C14H21FN2/c1-11-8-13(2-3-14(11)15)10-17-9-12-4-6-16-7-5-12/h2-3,8,12,16-17H,4-7,9-10H2,1H3. The molecule has 0 spiro atoms. The number of halogens is 1. The van der Waals surface area contributed by atoms with E-state index in [1.54, 1.807) is 6.07 Å². The maximum atomic E-state index is 13.1. The summed E-state index contributed by atoms with van der Waals surface area (Å²) in [7, 11) is 0. The molecule has 0 unspecified atom stereocenters. The minimum Gasteiger partial charge on any atom is -0.317 e. The van der Waals surface area contributed by atoms with E-state index in [0.29, 0.717) is 0 Å². The molecule has 0 atom stereocenters. The smallest absolute Gasteiger partial charge is 0.126 e. The predicted octanol–water partition coefficient (Wildman–Crippen LogP) is 2.22. The number of hydrogen-bond acceptors (Lipinski definition) is 2. The second-order valence-electron chi connectivity index (χ2n) is 4.91. The lowest BCUT2D eigenvalue weighted by atomic mass is 9.98. The van der Waals surface area contributed by atoms with E-state index >= 15 is 0 Å². The van der Waals surface area contributed by atoms with Gasteiger partial charge < -0.3 is 10.6 Å². The van der Waals surface area contributed by atoms with Crippen molar-refractivity contribution < 1.29 is 4.39 Å². The van der Waals surface area contributed by atoms with Crippen molar-refractivity contribution in [3.05, 3.63) is 35.1 Å². The largest absolute Gasteiger partial charge is 0.317 e. The minimum absolute atomic E-state index is 0.118. The maximum Gasteiger partial charge on any atom is 0.126 e. The summed E-state index contributed by atoms with van der Waals surface area (Å²) < 4.78 is 13.1. The van der Waals surface area contributed by atoms with Crippen LogP contribution in [0.2, 0.25) is 0 Å². The summed E-state index contributed by atoms with van der Waals surface area (Å²) in [4.78, 5) is 0. The summed E-state index contributed by atoms with van der Waals surface area (Å²) >= 11 is 0. The van der Waals surface area contributed by atoms with Crippen molar-refractivity contribution in [1.82, 2.24) is 10.6 Å². The molecule has 1 fully saturated rings. The molecular formula is C14H21FN2. The third kappa shape index (κ3) is 3.79. The van der Waals surface area contributed by atoms with Crippen LogP contribution in [0, 0.1) is 18.7 Å².